The van der Waals surface area contributed by atoms with Crippen molar-refractivity contribution in [3.63, 3.8) is 0 Å². The number of fused-ring (bicyclic) bond motifs is 1. The molecule has 172 valence electrons. The molecule has 0 atom stereocenters. The van der Waals surface area contributed by atoms with E-state index in [0.29, 0.717) is 52.9 Å². The number of aromatic nitrogens is 1. The number of benzene rings is 2. The predicted molar refractivity (Wildman–Crippen MR) is 127 cm³/mol. The molecule has 8 heteroatoms. The lowest BCUT2D eigenvalue weighted by molar-refractivity contribution is 0.00206. The van der Waals surface area contributed by atoms with Crippen molar-refractivity contribution in [1.29, 1.82) is 0 Å². The lowest BCUT2D eigenvalue weighted by atomic mass is 10.1. The molecule has 1 aliphatic rings. The van der Waals surface area contributed by atoms with Gasteiger partial charge in [0.05, 0.1) is 75.9 Å². The van der Waals surface area contributed by atoms with E-state index < -0.39 is 0 Å². The van der Waals surface area contributed by atoms with Gasteiger partial charge in [-0.15, -0.1) is 11.3 Å². The van der Waals surface area contributed by atoms with E-state index in [1.165, 1.54) is 4.70 Å². The summed E-state index contributed by atoms with van der Waals surface area (Å²) in [7, 11) is 1.70. The average Bonchev–Trinajstić information content (AvgIpc) is 3.26. The lowest BCUT2D eigenvalue weighted by Crippen LogP contribution is -2.32. The number of nitrogens with zero attached hydrogens (tertiary/aromatic N) is 2. The molecular formula is C24H30N2O5S. The van der Waals surface area contributed by atoms with E-state index in [1.807, 2.05) is 18.2 Å². The summed E-state index contributed by atoms with van der Waals surface area (Å²) in [5.41, 5.74) is 3.08. The molecule has 2 heterocycles. The van der Waals surface area contributed by atoms with E-state index in [0.717, 1.165) is 40.6 Å². The minimum atomic E-state index is 0.567. The molecule has 1 aromatic heterocycles. The van der Waals surface area contributed by atoms with Gasteiger partial charge in [0.1, 0.15) is 10.8 Å². The van der Waals surface area contributed by atoms with Crippen molar-refractivity contribution in [2.45, 2.75) is 0 Å². The molecule has 0 unspecified atom stereocenters. The summed E-state index contributed by atoms with van der Waals surface area (Å²) in [4.78, 5) is 7.02. The summed E-state index contributed by atoms with van der Waals surface area (Å²) in [6.45, 7) is 6.09. The van der Waals surface area contributed by atoms with Crippen LogP contribution < -0.4 is 9.64 Å². The third-order valence-corrected chi connectivity index (χ3v) is 6.27. The fourth-order valence-electron chi connectivity index (χ4n) is 3.53. The molecule has 1 aliphatic heterocycles. The molecule has 0 aliphatic carbocycles. The summed E-state index contributed by atoms with van der Waals surface area (Å²) in [6, 6.07) is 14.5. The highest BCUT2D eigenvalue weighted by Crippen LogP contribution is 2.36. The normalized spacial score (nSPS) is 17.6. The van der Waals surface area contributed by atoms with Gasteiger partial charge < -0.3 is 28.6 Å². The van der Waals surface area contributed by atoms with Crippen LogP contribution in [0.25, 0.3) is 20.8 Å². The number of hydrogen-bond acceptors (Lipinski definition) is 8. The zero-order chi connectivity index (χ0) is 22.0. The van der Waals surface area contributed by atoms with Crippen LogP contribution >= 0.6 is 11.3 Å². The van der Waals surface area contributed by atoms with E-state index in [1.54, 1.807) is 18.4 Å². The van der Waals surface area contributed by atoms with Gasteiger partial charge in [-0.1, -0.05) is 12.1 Å². The first-order chi connectivity index (χ1) is 15.8. The van der Waals surface area contributed by atoms with Gasteiger partial charge in [0.2, 0.25) is 0 Å². The van der Waals surface area contributed by atoms with Crippen molar-refractivity contribution in [3.05, 3.63) is 42.5 Å². The predicted octanol–water partition coefficient (Wildman–Crippen LogP) is 3.86. The number of methoxy groups -OCH3 is 1. The third kappa shape index (κ3) is 6.17. The van der Waals surface area contributed by atoms with Crippen molar-refractivity contribution < 1.29 is 23.7 Å². The number of thiazole rings is 1. The number of anilines is 1. The molecule has 0 spiro atoms. The fourth-order valence-corrected chi connectivity index (χ4v) is 4.49. The van der Waals surface area contributed by atoms with Crippen molar-refractivity contribution in [3.8, 4) is 16.3 Å². The van der Waals surface area contributed by atoms with Crippen molar-refractivity contribution in [2.24, 2.45) is 0 Å². The monoisotopic (exact) mass is 458 g/mol. The Hall–Kier alpha value is -2.23. The van der Waals surface area contributed by atoms with Gasteiger partial charge in [-0.2, -0.15) is 0 Å². The van der Waals surface area contributed by atoms with Gasteiger partial charge in [-0.3, -0.25) is 0 Å². The maximum absolute atomic E-state index is 5.77. The smallest absolute Gasteiger partial charge is 0.142 e. The highest BCUT2D eigenvalue weighted by atomic mass is 32.1. The molecule has 0 saturated carbocycles. The second kappa shape index (κ2) is 12.1. The van der Waals surface area contributed by atoms with Crippen LogP contribution in [0, 0.1) is 0 Å². The first-order valence-corrected chi connectivity index (χ1v) is 11.8. The topological polar surface area (TPSA) is 62.3 Å². The molecule has 1 saturated heterocycles. The Balaban J connectivity index is 1.50. The first-order valence-electron chi connectivity index (χ1n) is 10.9. The Morgan fingerprint density at radius 1 is 0.812 bits per heavy atom. The van der Waals surface area contributed by atoms with Crippen molar-refractivity contribution in [2.75, 3.05) is 78.0 Å². The molecule has 1 fully saturated rings. The van der Waals surface area contributed by atoms with Crippen LogP contribution in [0.5, 0.6) is 5.75 Å². The van der Waals surface area contributed by atoms with Gasteiger partial charge in [-0.25, -0.2) is 4.98 Å². The summed E-state index contributed by atoms with van der Waals surface area (Å²) in [5.74, 6) is 0.811. The van der Waals surface area contributed by atoms with Gasteiger partial charge in [0, 0.05) is 18.7 Å². The molecule has 0 amide bonds. The Morgan fingerprint density at radius 2 is 1.44 bits per heavy atom. The third-order valence-electron chi connectivity index (χ3n) is 5.19. The van der Waals surface area contributed by atoms with E-state index >= 15 is 0 Å². The Morgan fingerprint density at radius 3 is 2.06 bits per heavy atom. The number of rotatable bonds is 3. The summed E-state index contributed by atoms with van der Waals surface area (Å²) >= 11 is 1.69. The molecule has 0 bridgehead atoms. The van der Waals surface area contributed by atoms with Crippen LogP contribution in [-0.4, -0.2) is 78.0 Å². The maximum Gasteiger partial charge on any atom is 0.142 e. The van der Waals surface area contributed by atoms with Gasteiger partial charge in [-0.05, 0) is 30.3 Å². The summed E-state index contributed by atoms with van der Waals surface area (Å²) < 4.78 is 29.5. The van der Waals surface area contributed by atoms with Gasteiger partial charge in [0.15, 0.2) is 0 Å². The average molecular weight is 459 g/mol. The molecule has 32 heavy (non-hydrogen) atoms. The van der Waals surface area contributed by atoms with E-state index in [2.05, 4.69) is 29.2 Å². The van der Waals surface area contributed by atoms with Crippen LogP contribution in [0.3, 0.4) is 0 Å². The fraction of sp³-hybridized carbons (Fsp3) is 0.458. The van der Waals surface area contributed by atoms with Crippen LogP contribution in [0.4, 0.5) is 5.69 Å². The van der Waals surface area contributed by atoms with E-state index in [4.69, 9.17) is 28.7 Å². The van der Waals surface area contributed by atoms with E-state index in [-0.39, 0.29) is 0 Å². The molecule has 7 nitrogen and oxygen atoms in total. The molecule has 2 aromatic carbocycles. The first kappa shape index (κ1) is 22.9. The lowest BCUT2D eigenvalue weighted by Gasteiger charge is -2.26. The van der Waals surface area contributed by atoms with Gasteiger partial charge >= 0.3 is 0 Å². The Bertz CT molecular complexity index is 931. The largest absolute Gasteiger partial charge is 0.495 e. The minimum Gasteiger partial charge on any atom is -0.495 e. The van der Waals surface area contributed by atoms with E-state index in [9.17, 15) is 0 Å². The van der Waals surface area contributed by atoms with Gasteiger partial charge in [0.25, 0.3) is 0 Å². The second-order valence-electron chi connectivity index (χ2n) is 7.31. The zero-order valence-electron chi connectivity index (χ0n) is 18.5. The summed E-state index contributed by atoms with van der Waals surface area (Å²) in [5, 5.41) is 0.986. The molecule has 0 radical (unpaired) electrons. The Kier molecular flexibility index (Phi) is 8.70. The number of ether oxygens (including phenoxy) is 5. The van der Waals surface area contributed by atoms with Crippen LogP contribution in [0.1, 0.15) is 0 Å². The Labute approximate surface area is 192 Å². The standard InChI is InChI=1S/C24H30N2O5S/c1-27-22-18-19(24-25-20-4-2-3-5-23(20)32-24)6-7-21(22)26-8-10-28-12-14-30-16-17-31-15-13-29-11-9-26/h2-7,18H,8-17H2,1H3. The van der Waals surface area contributed by atoms with Crippen molar-refractivity contribution >= 4 is 27.2 Å². The van der Waals surface area contributed by atoms with Crippen molar-refractivity contribution in [1.82, 2.24) is 4.98 Å². The molecule has 3 aromatic rings. The summed E-state index contributed by atoms with van der Waals surface area (Å²) in [6.07, 6.45) is 0. The number of hydrogen-bond donors (Lipinski definition) is 0. The SMILES string of the molecule is COc1cc(-c2nc3ccccc3s2)ccc1N1CCOCCOCCOCCOCC1. The highest BCUT2D eigenvalue weighted by molar-refractivity contribution is 7.21. The maximum atomic E-state index is 5.77. The molecule has 0 N–H and O–H groups in total. The second-order valence-corrected chi connectivity index (χ2v) is 8.34. The number of para-hydroxylation sites is 1. The highest BCUT2D eigenvalue weighted by Gasteiger charge is 2.15. The quantitative estimate of drug-likeness (QED) is 0.591. The zero-order valence-corrected chi connectivity index (χ0v) is 19.3. The molecular weight excluding hydrogens is 428 g/mol. The van der Waals surface area contributed by atoms with Crippen LogP contribution in [0.15, 0.2) is 42.5 Å². The van der Waals surface area contributed by atoms with Crippen LogP contribution in [0.2, 0.25) is 0 Å². The van der Waals surface area contributed by atoms with Crippen LogP contribution in [-0.2, 0) is 18.9 Å². The minimum absolute atomic E-state index is 0.567. The molecule has 4 rings (SSSR count).